The Morgan fingerprint density at radius 1 is 1.07 bits per heavy atom. The summed E-state index contributed by atoms with van der Waals surface area (Å²) in [6, 6.07) is 0. The van der Waals surface area contributed by atoms with Crippen LogP contribution in [0, 0.1) is 5.92 Å². The molecule has 0 aliphatic heterocycles. The van der Waals surface area contributed by atoms with Gasteiger partial charge in [0, 0.05) is 20.0 Å². The van der Waals surface area contributed by atoms with Crippen LogP contribution in [0.4, 0.5) is 0 Å². The molecule has 84 valence electrons. The smallest absolute Gasteiger partial charge is 0.0988 e. The second-order valence-corrected chi connectivity index (χ2v) is 3.55. The fraction of sp³-hybridized carbons (Fsp3) is 0.917. The summed E-state index contributed by atoms with van der Waals surface area (Å²) in [4.78, 5) is 4.28. The maximum absolute atomic E-state index is 4.28. The molecule has 0 spiro atoms. The topological polar surface area (TPSA) is 24.4 Å². The first-order chi connectivity index (χ1) is 6.88. The quantitative estimate of drug-likeness (QED) is 0.390. The summed E-state index contributed by atoms with van der Waals surface area (Å²) in [6.45, 7) is 4.00. The minimum Gasteiger partial charge on any atom is -0.377 e. The van der Waals surface area contributed by atoms with Crippen molar-refractivity contribution in [2.75, 3.05) is 14.1 Å². The molecule has 1 N–H and O–H groups in total. The largest absolute Gasteiger partial charge is 0.377 e. The molecule has 0 aromatic rings. The molecule has 2 nitrogen and oxygen atoms in total. The standard InChI is InChI=1S/C10H20N2.C2H6/c1-11-10(12-2)9-7-5-3-4-6-8-9;1-2/h9H,3-8H2,1-2H3,(H,11,12);1-2H3. The van der Waals surface area contributed by atoms with Crippen LogP contribution in [-0.4, -0.2) is 19.9 Å². The molecule has 0 heterocycles. The third-order valence-corrected chi connectivity index (χ3v) is 2.74. The molecule has 0 aromatic carbocycles. The first-order valence-electron chi connectivity index (χ1n) is 6.03. The van der Waals surface area contributed by atoms with E-state index in [1.807, 2.05) is 27.9 Å². The maximum Gasteiger partial charge on any atom is 0.0988 e. The zero-order valence-corrected chi connectivity index (χ0v) is 10.3. The van der Waals surface area contributed by atoms with E-state index in [2.05, 4.69) is 10.3 Å². The predicted octanol–water partition coefficient (Wildman–Crippen LogP) is 3.23. The van der Waals surface area contributed by atoms with Crippen LogP contribution in [0.2, 0.25) is 0 Å². The van der Waals surface area contributed by atoms with Crippen LogP contribution in [0.25, 0.3) is 0 Å². The van der Waals surface area contributed by atoms with Crippen LogP contribution < -0.4 is 5.32 Å². The average molecular weight is 198 g/mol. The lowest BCUT2D eigenvalue weighted by Crippen LogP contribution is -2.27. The van der Waals surface area contributed by atoms with Gasteiger partial charge in [-0.15, -0.1) is 0 Å². The molecule has 1 saturated carbocycles. The van der Waals surface area contributed by atoms with Crippen molar-refractivity contribution in [1.82, 2.24) is 5.32 Å². The highest BCUT2D eigenvalue weighted by atomic mass is 15.0. The van der Waals surface area contributed by atoms with Crippen LogP contribution in [0.3, 0.4) is 0 Å². The van der Waals surface area contributed by atoms with Crippen molar-refractivity contribution in [1.29, 1.82) is 0 Å². The minimum atomic E-state index is 0.711. The summed E-state index contributed by atoms with van der Waals surface area (Å²) in [6.07, 6.45) is 8.24. The van der Waals surface area contributed by atoms with E-state index in [1.54, 1.807) is 0 Å². The first kappa shape index (κ1) is 13.5. The van der Waals surface area contributed by atoms with Crippen LogP contribution in [0.1, 0.15) is 52.4 Å². The number of rotatable bonds is 1. The van der Waals surface area contributed by atoms with Crippen LogP contribution in [-0.2, 0) is 0 Å². The lowest BCUT2D eigenvalue weighted by atomic mass is 9.99. The van der Waals surface area contributed by atoms with Crippen molar-refractivity contribution in [3.63, 3.8) is 0 Å². The van der Waals surface area contributed by atoms with Crippen molar-refractivity contribution in [3.8, 4) is 0 Å². The average Bonchev–Trinajstić information content (AvgIpc) is 2.52. The Bertz CT molecular complexity index is 144. The van der Waals surface area contributed by atoms with E-state index in [-0.39, 0.29) is 0 Å². The summed E-state index contributed by atoms with van der Waals surface area (Å²) in [5.41, 5.74) is 0. The predicted molar refractivity (Wildman–Crippen MR) is 65.0 cm³/mol. The molecule has 0 radical (unpaired) electrons. The Balaban J connectivity index is 0.000000791. The highest BCUT2D eigenvalue weighted by Gasteiger charge is 2.16. The Labute approximate surface area is 89.2 Å². The van der Waals surface area contributed by atoms with Crippen molar-refractivity contribution in [2.45, 2.75) is 52.4 Å². The molecule has 0 bridgehead atoms. The highest BCUT2D eigenvalue weighted by Crippen LogP contribution is 2.23. The number of aliphatic imine (C=N–C) groups is 1. The molecule has 1 aliphatic carbocycles. The zero-order valence-electron chi connectivity index (χ0n) is 10.3. The number of nitrogens with zero attached hydrogens (tertiary/aromatic N) is 1. The molecule has 1 aliphatic rings. The van der Waals surface area contributed by atoms with Crippen molar-refractivity contribution < 1.29 is 0 Å². The van der Waals surface area contributed by atoms with Gasteiger partial charge >= 0.3 is 0 Å². The number of nitrogens with one attached hydrogen (secondary N) is 1. The molecule has 2 heteroatoms. The summed E-state index contributed by atoms with van der Waals surface area (Å²) in [5, 5.41) is 3.20. The second-order valence-electron chi connectivity index (χ2n) is 3.55. The van der Waals surface area contributed by atoms with Gasteiger partial charge in [0.15, 0.2) is 0 Å². The molecule has 1 rings (SSSR count). The van der Waals surface area contributed by atoms with Gasteiger partial charge in [-0.2, -0.15) is 0 Å². The molecular weight excluding hydrogens is 172 g/mol. The van der Waals surface area contributed by atoms with Crippen LogP contribution >= 0.6 is 0 Å². The van der Waals surface area contributed by atoms with Gasteiger partial charge in [-0.05, 0) is 12.8 Å². The van der Waals surface area contributed by atoms with Gasteiger partial charge in [0.05, 0.1) is 5.84 Å². The molecular formula is C12H26N2. The van der Waals surface area contributed by atoms with Crippen LogP contribution in [0.5, 0.6) is 0 Å². The SMILES string of the molecule is CC.CN=C(NC)C1CCCCCC1. The lowest BCUT2D eigenvalue weighted by molar-refractivity contribution is 0.577. The van der Waals surface area contributed by atoms with Gasteiger partial charge in [0.2, 0.25) is 0 Å². The Morgan fingerprint density at radius 3 is 1.93 bits per heavy atom. The fourth-order valence-corrected chi connectivity index (χ4v) is 2.05. The fourth-order valence-electron chi connectivity index (χ4n) is 2.05. The van der Waals surface area contributed by atoms with Gasteiger partial charge in [-0.25, -0.2) is 0 Å². The molecule has 0 atom stereocenters. The van der Waals surface area contributed by atoms with E-state index in [1.165, 1.54) is 44.4 Å². The maximum atomic E-state index is 4.28. The first-order valence-corrected chi connectivity index (χ1v) is 6.03. The third-order valence-electron chi connectivity index (χ3n) is 2.74. The van der Waals surface area contributed by atoms with Gasteiger partial charge in [0.1, 0.15) is 0 Å². The number of hydrogen-bond donors (Lipinski definition) is 1. The monoisotopic (exact) mass is 198 g/mol. The van der Waals surface area contributed by atoms with Gasteiger partial charge in [-0.1, -0.05) is 39.5 Å². The number of hydrogen-bond acceptors (Lipinski definition) is 1. The summed E-state index contributed by atoms with van der Waals surface area (Å²) >= 11 is 0. The molecule has 14 heavy (non-hydrogen) atoms. The van der Waals surface area contributed by atoms with Crippen molar-refractivity contribution in [2.24, 2.45) is 10.9 Å². The number of amidine groups is 1. The Hall–Kier alpha value is -0.530. The second kappa shape index (κ2) is 9.04. The summed E-state index contributed by atoms with van der Waals surface area (Å²) in [7, 11) is 3.87. The zero-order chi connectivity index (χ0) is 10.8. The van der Waals surface area contributed by atoms with E-state index in [4.69, 9.17) is 0 Å². The lowest BCUT2D eigenvalue weighted by Gasteiger charge is -2.15. The van der Waals surface area contributed by atoms with Gasteiger partial charge < -0.3 is 5.32 Å². The normalized spacial score (nSPS) is 19.3. The molecule has 0 saturated heterocycles. The molecule has 0 aromatic heterocycles. The highest BCUT2D eigenvalue weighted by molar-refractivity contribution is 5.84. The molecule has 0 unspecified atom stereocenters. The third kappa shape index (κ3) is 4.64. The molecule has 1 fully saturated rings. The van der Waals surface area contributed by atoms with E-state index in [0.717, 1.165) is 0 Å². The van der Waals surface area contributed by atoms with E-state index >= 15 is 0 Å². The van der Waals surface area contributed by atoms with E-state index in [9.17, 15) is 0 Å². The van der Waals surface area contributed by atoms with Gasteiger partial charge in [0.25, 0.3) is 0 Å². The van der Waals surface area contributed by atoms with Gasteiger partial charge in [-0.3, -0.25) is 4.99 Å². The minimum absolute atomic E-state index is 0.711. The van der Waals surface area contributed by atoms with Crippen molar-refractivity contribution >= 4 is 5.84 Å². The Morgan fingerprint density at radius 2 is 1.57 bits per heavy atom. The summed E-state index contributed by atoms with van der Waals surface area (Å²) in [5.74, 6) is 1.92. The van der Waals surface area contributed by atoms with E-state index < -0.39 is 0 Å². The van der Waals surface area contributed by atoms with Crippen molar-refractivity contribution in [3.05, 3.63) is 0 Å². The molecule has 0 amide bonds. The van der Waals surface area contributed by atoms with Crippen LogP contribution in [0.15, 0.2) is 4.99 Å². The Kier molecular flexibility index (Phi) is 8.70. The summed E-state index contributed by atoms with van der Waals surface area (Å²) < 4.78 is 0. The van der Waals surface area contributed by atoms with E-state index in [0.29, 0.717) is 5.92 Å².